The molecule has 1 amide bonds. The van der Waals surface area contributed by atoms with Crippen LogP contribution < -0.4 is 5.32 Å². The first kappa shape index (κ1) is 13.6. The fraction of sp³-hybridized carbons (Fsp3) is 0.500. The third-order valence-electron chi connectivity index (χ3n) is 4.97. The minimum Gasteiger partial charge on any atom is -0.387 e. The summed E-state index contributed by atoms with van der Waals surface area (Å²) in [5, 5.41) is 20.8. The third kappa shape index (κ3) is 2.23. The van der Waals surface area contributed by atoms with Crippen LogP contribution in [0.3, 0.4) is 0 Å². The predicted molar refractivity (Wildman–Crippen MR) is 83.5 cm³/mol. The number of hydrogen-bond donors (Lipinski definition) is 3. The number of aliphatic hydroxyl groups excluding tert-OH is 1. The Hall–Kier alpha value is -2.08. The average molecular weight is 300 g/mol. The summed E-state index contributed by atoms with van der Waals surface area (Å²) >= 11 is 0. The Morgan fingerprint density at radius 2 is 2.14 bits per heavy atom. The molecule has 1 aromatic heterocycles. The van der Waals surface area contributed by atoms with Crippen molar-refractivity contribution < 1.29 is 9.90 Å². The van der Waals surface area contributed by atoms with Gasteiger partial charge in [-0.25, -0.2) is 0 Å². The summed E-state index contributed by atoms with van der Waals surface area (Å²) < 4.78 is 0. The fourth-order valence-electron chi connectivity index (χ4n) is 4.05. The zero-order valence-corrected chi connectivity index (χ0v) is 12.3. The molecule has 3 heterocycles. The Labute approximate surface area is 128 Å². The number of benzene rings is 1. The van der Waals surface area contributed by atoms with Gasteiger partial charge in [-0.1, -0.05) is 0 Å². The molecule has 2 unspecified atom stereocenters. The molecule has 4 rings (SSSR count). The van der Waals surface area contributed by atoms with Gasteiger partial charge in [0.05, 0.1) is 11.7 Å². The van der Waals surface area contributed by atoms with E-state index in [0.29, 0.717) is 6.04 Å². The molecule has 2 fully saturated rings. The van der Waals surface area contributed by atoms with Gasteiger partial charge in [-0.2, -0.15) is 5.10 Å². The molecule has 2 aliphatic rings. The average Bonchev–Trinajstić information content (AvgIpc) is 3.09. The smallest absolute Gasteiger partial charge is 0.248 e. The molecule has 2 aromatic rings. The van der Waals surface area contributed by atoms with E-state index < -0.39 is 0 Å². The number of nitrogens with one attached hydrogen (secondary N) is 2. The molecule has 0 radical (unpaired) electrons. The van der Waals surface area contributed by atoms with Crippen LogP contribution in [0.4, 0.5) is 5.69 Å². The topological polar surface area (TPSA) is 81.2 Å². The molecule has 2 atom stereocenters. The number of amides is 1. The monoisotopic (exact) mass is 300 g/mol. The van der Waals surface area contributed by atoms with Gasteiger partial charge in [-0.05, 0) is 43.9 Å². The number of H-pyrrole nitrogens is 1. The van der Waals surface area contributed by atoms with Crippen LogP contribution in [-0.4, -0.2) is 50.8 Å². The Bertz CT molecular complexity index is 684. The van der Waals surface area contributed by atoms with Crippen LogP contribution in [0.15, 0.2) is 24.4 Å². The van der Waals surface area contributed by atoms with Crippen molar-refractivity contribution in [2.24, 2.45) is 0 Å². The van der Waals surface area contributed by atoms with Gasteiger partial charge in [0.15, 0.2) is 0 Å². The van der Waals surface area contributed by atoms with E-state index in [9.17, 15) is 4.79 Å². The van der Waals surface area contributed by atoms with Gasteiger partial charge >= 0.3 is 0 Å². The fourth-order valence-corrected chi connectivity index (χ4v) is 4.05. The number of carbonyl (C=O) groups is 1. The van der Waals surface area contributed by atoms with Crippen molar-refractivity contribution >= 4 is 22.5 Å². The number of rotatable bonds is 3. The van der Waals surface area contributed by atoms with Gasteiger partial charge in [0.1, 0.15) is 6.61 Å². The summed E-state index contributed by atoms with van der Waals surface area (Å²) in [6, 6.07) is 7.12. The molecule has 2 aliphatic heterocycles. The lowest BCUT2D eigenvalue weighted by Gasteiger charge is -2.39. The molecule has 6 nitrogen and oxygen atoms in total. The first-order chi connectivity index (χ1) is 10.7. The summed E-state index contributed by atoms with van der Waals surface area (Å²) in [5.41, 5.74) is 2.13. The number of hydrogen-bond acceptors (Lipinski definition) is 4. The summed E-state index contributed by atoms with van der Waals surface area (Å²) in [4.78, 5) is 13.8. The highest BCUT2D eigenvalue weighted by Crippen LogP contribution is 2.37. The number of nitrogens with zero attached hydrogens (tertiary/aromatic N) is 2. The zero-order chi connectivity index (χ0) is 15.1. The van der Waals surface area contributed by atoms with E-state index in [4.69, 9.17) is 5.11 Å². The Morgan fingerprint density at radius 1 is 1.36 bits per heavy atom. The summed E-state index contributed by atoms with van der Waals surface area (Å²) in [6.45, 7) is -0.373. The van der Waals surface area contributed by atoms with E-state index in [1.807, 2.05) is 17.2 Å². The number of carbonyl (C=O) groups excluding carboxylic acids is 1. The SMILES string of the molecule is O=C(CO)N1C2CCC1CC(Nc1ccc3[nH]ncc3c1)C2. The van der Waals surface area contributed by atoms with Crippen molar-refractivity contribution in [1.82, 2.24) is 15.1 Å². The predicted octanol–water partition coefficient (Wildman–Crippen LogP) is 1.49. The van der Waals surface area contributed by atoms with Crippen LogP contribution in [0.2, 0.25) is 0 Å². The van der Waals surface area contributed by atoms with Gasteiger partial charge in [0, 0.05) is 29.2 Å². The molecular weight excluding hydrogens is 280 g/mol. The largest absolute Gasteiger partial charge is 0.387 e. The minimum atomic E-state index is -0.373. The summed E-state index contributed by atoms with van der Waals surface area (Å²) in [7, 11) is 0. The Morgan fingerprint density at radius 3 is 2.86 bits per heavy atom. The van der Waals surface area contributed by atoms with Gasteiger partial charge < -0.3 is 15.3 Å². The molecule has 0 saturated carbocycles. The van der Waals surface area contributed by atoms with Gasteiger partial charge in [0.2, 0.25) is 5.91 Å². The molecule has 2 saturated heterocycles. The molecule has 116 valence electrons. The van der Waals surface area contributed by atoms with E-state index in [-0.39, 0.29) is 24.6 Å². The van der Waals surface area contributed by atoms with Crippen molar-refractivity contribution in [3.05, 3.63) is 24.4 Å². The summed E-state index contributed by atoms with van der Waals surface area (Å²) in [5.74, 6) is -0.120. The maximum Gasteiger partial charge on any atom is 0.248 e. The number of anilines is 1. The number of aromatic nitrogens is 2. The molecule has 3 N–H and O–H groups in total. The minimum absolute atomic E-state index is 0.120. The van der Waals surface area contributed by atoms with E-state index in [0.717, 1.165) is 42.3 Å². The van der Waals surface area contributed by atoms with Crippen molar-refractivity contribution in [3.8, 4) is 0 Å². The lowest BCUT2D eigenvalue weighted by molar-refractivity contribution is -0.138. The lowest BCUT2D eigenvalue weighted by Crippen LogP contribution is -2.50. The quantitative estimate of drug-likeness (QED) is 0.802. The molecule has 6 heteroatoms. The maximum absolute atomic E-state index is 11.9. The van der Waals surface area contributed by atoms with Crippen LogP contribution in [0, 0.1) is 0 Å². The Kier molecular flexibility index (Phi) is 3.26. The van der Waals surface area contributed by atoms with Crippen molar-refractivity contribution in [1.29, 1.82) is 0 Å². The normalized spacial score (nSPS) is 27.3. The molecule has 1 aromatic carbocycles. The first-order valence-electron chi connectivity index (χ1n) is 7.86. The van der Waals surface area contributed by atoms with E-state index >= 15 is 0 Å². The van der Waals surface area contributed by atoms with Gasteiger partial charge in [-0.3, -0.25) is 9.89 Å². The van der Waals surface area contributed by atoms with Crippen LogP contribution >= 0.6 is 0 Å². The highest BCUT2D eigenvalue weighted by atomic mass is 16.3. The molecule has 0 spiro atoms. The van der Waals surface area contributed by atoms with Crippen LogP contribution in [0.1, 0.15) is 25.7 Å². The van der Waals surface area contributed by atoms with Crippen LogP contribution in [0.5, 0.6) is 0 Å². The maximum atomic E-state index is 11.9. The second kappa shape index (κ2) is 5.28. The van der Waals surface area contributed by atoms with Gasteiger partial charge in [0.25, 0.3) is 0 Å². The number of fused-ring (bicyclic) bond motifs is 3. The lowest BCUT2D eigenvalue weighted by atomic mass is 9.97. The molecule has 0 aliphatic carbocycles. The second-order valence-electron chi connectivity index (χ2n) is 6.33. The van der Waals surface area contributed by atoms with E-state index in [2.05, 4.69) is 27.6 Å². The van der Waals surface area contributed by atoms with E-state index in [1.54, 1.807) is 0 Å². The molecule has 22 heavy (non-hydrogen) atoms. The highest BCUT2D eigenvalue weighted by Gasteiger charge is 2.42. The van der Waals surface area contributed by atoms with Crippen LogP contribution in [0.25, 0.3) is 10.9 Å². The number of aliphatic hydroxyl groups is 1. The molecular formula is C16H20N4O2. The van der Waals surface area contributed by atoms with Crippen LogP contribution in [-0.2, 0) is 4.79 Å². The standard InChI is InChI=1S/C16H20N4O2/c21-9-16(22)20-13-2-3-14(20)7-12(6-13)18-11-1-4-15-10(5-11)8-17-19-15/h1,4-5,8,12-14,18,21H,2-3,6-7,9H2,(H,17,19). The van der Waals surface area contributed by atoms with Crippen molar-refractivity contribution in [3.63, 3.8) is 0 Å². The van der Waals surface area contributed by atoms with Gasteiger partial charge in [-0.15, -0.1) is 0 Å². The number of aromatic amines is 1. The highest BCUT2D eigenvalue weighted by molar-refractivity contribution is 5.82. The first-order valence-corrected chi connectivity index (χ1v) is 7.86. The Balaban J connectivity index is 1.48. The zero-order valence-electron chi connectivity index (χ0n) is 12.3. The third-order valence-corrected chi connectivity index (χ3v) is 4.97. The van der Waals surface area contributed by atoms with E-state index in [1.165, 1.54) is 0 Å². The van der Waals surface area contributed by atoms with Crippen molar-refractivity contribution in [2.75, 3.05) is 11.9 Å². The summed E-state index contributed by atoms with van der Waals surface area (Å²) in [6.07, 6.45) is 5.83. The molecule has 2 bridgehead atoms. The second-order valence-corrected chi connectivity index (χ2v) is 6.33. The number of piperidine rings is 1. The van der Waals surface area contributed by atoms with Crippen molar-refractivity contribution in [2.45, 2.75) is 43.8 Å².